The maximum Gasteiger partial charge on any atom is 0.322 e. The van der Waals surface area contributed by atoms with Crippen LogP contribution in [0.4, 0.5) is 0 Å². The fourth-order valence-electron chi connectivity index (χ4n) is 1.68. The van der Waals surface area contributed by atoms with E-state index in [9.17, 15) is 9.59 Å². The van der Waals surface area contributed by atoms with Crippen molar-refractivity contribution in [2.45, 2.75) is 31.8 Å². The second-order valence-electron chi connectivity index (χ2n) is 4.90. The number of carbonyl (C=O) groups excluding carboxylic acids is 2. The van der Waals surface area contributed by atoms with Crippen molar-refractivity contribution in [3.63, 3.8) is 0 Å². The number of nitrogens with two attached hydrogens (primary N) is 2. The zero-order chi connectivity index (χ0) is 15.7. The van der Waals surface area contributed by atoms with Crippen LogP contribution < -0.4 is 16.8 Å². The van der Waals surface area contributed by atoms with E-state index in [1.165, 1.54) is 0 Å². The molecule has 0 aromatic heterocycles. The molecule has 116 valence electrons. The highest BCUT2D eigenvalue weighted by atomic mass is 16.5. The van der Waals surface area contributed by atoms with Crippen molar-refractivity contribution in [3.05, 3.63) is 35.9 Å². The van der Waals surface area contributed by atoms with E-state index in [1.807, 2.05) is 30.3 Å². The van der Waals surface area contributed by atoms with Crippen molar-refractivity contribution in [2.24, 2.45) is 11.5 Å². The van der Waals surface area contributed by atoms with Crippen molar-refractivity contribution < 1.29 is 14.3 Å². The Bertz CT molecular complexity index is 449. The molecular formula is C15H23N3O3. The summed E-state index contributed by atoms with van der Waals surface area (Å²) in [6.07, 6.45) is 1.02. The van der Waals surface area contributed by atoms with Crippen LogP contribution >= 0.6 is 0 Å². The summed E-state index contributed by atoms with van der Waals surface area (Å²) in [5, 5.41) is 2.72. The van der Waals surface area contributed by atoms with Crippen molar-refractivity contribution in [3.8, 4) is 0 Å². The van der Waals surface area contributed by atoms with Crippen LogP contribution in [0.5, 0.6) is 0 Å². The second kappa shape index (κ2) is 9.10. The van der Waals surface area contributed by atoms with Gasteiger partial charge < -0.3 is 21.5 Å². The number of ether oxygens (including phenoxy) is 1. The number of hydrogen-bond acceptors (Lipinski definition) is 5. The number of amides is 1. The average molecular weight is 293 g/mol. The zero-order valence-electron chi connectivity index (χ0n) is 12.2. The van der Waals surface area contributed by atoms with E-state index in [1.54, 1.807) is 6.92 Å². The van der Waals surface area contributed by atoms with Gasteiger partial charge in [0.2, 0.25) is 5.91 Å². The van der Waals surface area contributed by atoms with Crippen LogP contribution in [0.15, 0.2) is 30.3 Å². The molecule has 0 radical (unpaired) electrons. The third-order valence-corrected chi connectivity index (χ3v) is 2.87. The molecule has 1 aromatic carbocycles. The van der Waals surface area contributed by atoms with Crippen molar-refractivity contribution >= 4 is 11.9 Å². The molecule has 0 aliphatic rings. The van der Waals surface area contributed by atoms with Gasteiger partial charge in [0.1, 0.15) is 6.04 Å². The lowest BCUT2D eigenvalue weighted by Gasteiger charge is -2.12. The van der Waals surface area contributed by atoms with Gasteiger partial charge in [0.05, 0.1) is 12.6 Å². The van der Waals surface area contributed by atoms with Gasteiger partial charge in [0.25, 0.3) is 0 Å². The molecule has 6 heteroatoms. The van der Waals surface area contributed by atoms with Crippen LogP contribution in [0.2, 0.25) is 0 Å². The number of nitrogens with one attached hydrogen (secondary N) is 1. The maximum absolute atomic E-state index is 11.8. The summed E-state index contributed by atoms with van der Waals surface area (Å²) in [5.74, 6) is -0.653. The maximum atomic E-state index is 11.8. The first-order chi connectivity index (χ1) is 10.0. The fourth-order valence-corrected chi connectivity index (χ4v) is 1.68. The molecule has 1 amide bonds. The third-order valence-electron chi connectivity index (χ3n) is 2.87. The molecule has 0 spiro atoms. The lowest BCUT2D eigenvalue weighted by atomic mass is 10.1. The highest BCUT2D eigenvalue weighted by Gasteiger charge is 2.13. The van der Waals surface area contributed by atoms with E-state index in [-0.39, 0.29) is 12.5 Å². The van der Waals surface area contributed by atoms with Crippen molar-refractivity contribution in [1.29, 1.82) is 0 Å². The number of hydrogen-bond donors (Lipinski definition) is 3. The number of rotatable bonds is 8. The molecule has 2 atom stereocenters. The van der Waals surface area contributed by atoms with Gasteiger partial charge in [-0.25, -0.2) is 0 Å². The molecule has 0 aliphatic heterocycles. The Morgan fingerprint density at radius 2 is 1.90 bits per heavy atom. The molecule has 0 fully saturated rings. The van der Waals surface area contributed by atoms with E-state index in [4.69, 9.17) is 16.2 Å². The smallest absolute Gasteiger partial charge is 0.322 e. The molecule has 0 aliphatic carbocycles. The van der Waals surface area contributed by atoms with Crippen LogP contribution in [0, 0.1) is 0 Å². The number of esters is 1. The molecule has 1 rings (SSSR count). The normalized spacial score (nSPS) is 13.3. The largest absolute Gasteiger partial charge is 0.464 e. The summed E-state index contributed by atoms with van der Waals surface area (Å²) in [6, 6.07) is 8.39. The van der Waals surface area contributed by atoms with Gasteiger partial charge in [-0.3, -0.25) is 9.59 Å². The molecule has 0 unspecified atom stereocenters. The first-order valence-corrected chi connectivity index (χ1v) is 7.00. The molecule has 1 aromatic rings. The topological polar surface area (TPSA) is 107 Å². The van der Waals surface area contributed by atoms with Gasteiger partial charge in [-0.1, -0.05) is 30.3 Å². The zero-order valence-corrected chi connectivity index (χ0v) is 12.2. The highest BCUT2D eigenvalue weighted by Crippen LogP contribution is 2.01. The Hall–Kier alpha value is -1.92. The van der Waals surface area contributed by atoms with Crippen LogP contribution in [-0.2, 0) is 20.7 Å². The minimum atomic E-state index is -0.626. The lowest BCUT2D eigenvalue weighted by molar-refractivity contribution is -0.144. The average Bonchev–Trinajstić information content (AvgIpc) is 2.47. The third kappa shape index (κ3) is 6.87. The molecule has 6 nitrogen and oxygen atoms in total. The predicted molar refractivity (Wildman–Crippen MR) is 80.4 cm³/mol. The number of benzene rings is 1. The second-order valence-corrected chi connectivity index (χ2v) is 4.90. The van der Waals surface area contributed by atoms with E-state index in [0.717, 1.165) is 5.56 Å². The van der Waals surface area contributed by atoms with Gasteiger partial charge in [-0.05, 0) is 25.3 Å². The summed E-state index contributed by atoms with van der Waals surface area (Å²) in [6.45, 7) is 2.20. The Morgan fingerprint density at radius 3 is 2.52 bits per heavy atom. The van der Waals surface area contributed by atoms with E-state index >= 15 is 0 Å². The molecule has 0 heterocycles. The minimum absolute atomic E-state index is 0.211. The quantitative estimate of drug-likeness (QED) is 0.460. The van der Waals surface area contributed by atoms with Gasteiger partial charge in [0.15, 0.2) is 0 Å². The molecule has 0 bridgehead atoms. The molecular weight excluding hydrogens is 270 g/mol. The first kappa shape index (κ1) is 17.1. The molecule has 21 heavy (non-hydrogen) atoms. The van der Waals surface area contributed by atoms with E-state index in [0.29, 0.717) is 19.4 Å². The first-order valence-electron chi connectivity index (χ1n) is 7.00. The Labute approximate surface area is 124 Å². The van der Waals surface area contributed by atoms with Gasteiger partial charge >= 0.3 is 5.97 Å². The predicted octanol–water partition coefficient (Wildman–Crippen LogP) is -0.0469. The van der Waals surface area contributed by atoms with Crippen molar-refractivity contribution in [2.75, 3.05) is 13.2 Å². The lowest BCUT2D eigenvalue weighted by Crippen LogP contribution is -2.42. The summed E-state index contributed by atoms with van der Waals surface area (Å²) < 4.78 is 4.89. The van der Waals surface area contributed by atoms with E-state index in [2.05, 4.69) is 5.32 Å². The fraction of sp³-hybridized carbons (Fsp3) is 0.467. The summed E-state index contributed by atoms with van der Waals surface area (Å²) >= 11 is 0. The molecule has 5 N–H and O–H groups in total. The molecule has 0 saturated carbocycles. The van der Waals surface area contributed by atoms with Gasteiger partial charge in [-0.15, -0.1) is 0 Å². The van der Waals surface area contributed by atoms with Crippen LogP contribution in [0.25, 0.3) is 0 Å². The molecule has 0 saturated heterocycles. The Kier molecular flexibility index (Phi) is 7.42. The number of carbonyl (C=O) groups is 2. The standard InChI is InChI=1S/C15H23N3O3/c1-11(16)15(20)21-9-5-8-18-14(19)13(17)10-12-6-3-2-4-7-12/h2-4,6-7,11,13H,5,8-10,16-17H2,1H3,(H,18,19)/t11-,13-/m0/s1. The van der Waals surface area contributed by atoms with Crippen LogP contribution in [-0.4, -0.2) is 37.1 Å². The summed E-state index contributed by atoms with van der Waals surface area (Å²) in [5.41, 5.74) is 12.2. The van der Waals surface area contributed by atoms with Gasteiger partial charge in [0, 0.05) is 6.54 Å². The Morgan fingerprint density at radius 1 is 1.24 bits per heavy atom. The van der Waals surface area contributed by atoms with Gasteiger partial charge in [-0.2, -0.15) is 0 Å². The highest BCUT2D eigenvalue weighted by molar-refractivity contribution is 5.81. The monoisotopic (exact) mass is 293 g/mol. The Balaban J connectivity index is 2.17. The van der Waals surface area contributed by atoms with E-state index < -0.39 is 18.1 Å². The van der Waals surface area contributed by atoms with Crippen LogP contribution in [0.1, 0.15) is 18.9 Å². The minimum Gasteiger partial charge on any atom is -0.464 e. The van der Waals surface area contributed by atoms with Crippen molar-refractivity contribution in [1.82, 2.24) is 5.32 Å². The summed E-state index contributed by atoms with van der Waals surface area (Å²) in [7, 11) is 0. The summed E-state index contributed by atoms with van der Waals surface area (Å²) in [4.78, 5) is 22.9. The SMILES string of the molecule is C[C@H](N)C(=O)OCCCNC(=O)[C@@H](N)Cc1ccccc1. The van der Waals surface area contributed by atoms with Crippen LogP contribution in [0.3, 0.4) is 0 Å².